The Morgan fingerprint density at radius 1 is 1.39 bits per heavy atom. The van der Waals surface area contributed by atoms with Crippen molar-refractivity contribution in [1.29, 1.82) is 0 Å². The molecule has 2 unspecified atom stereocenters. The first-order chi connectivity index (χ1) is 8.81. The molecule has 0 aromatic heterocycles. The fourth-order valence-electron chi connectivity index (χ4n) is 2.89. The lowest BCUT2D eigenvalue weighted by Gasteiger charge is -2.24. The SMILES string of the molecule is CC1CN(CC2Cc3ccccc3S2)CCCO1. The highest BCUT2D eigenvalue weighted by Crippen LogP contribution is 2.37. The minimum Gasteiger partial charge on any atom is -0.377 e. The molecule has 98 valence electrons. The highest BCUT2D eigenvalue weighted by atomic mass is 32.2. The number of thioether (sulfide) groups is 1. The molecular formula is C15H21NOS. The average molecular weight is 263 g/mol. The Hall–Kier alpha value is -0.510. The number of nitrogens with zero attached hydrogens (tertiary/aromatic N) is 1. The zero-order valence-corrected chi connectivity index (χ0v) is 11.8. The zero-order valence-electron chi connectivity index (χ0n) is 11.0. The Morgan fingerprint density at radius 2 is 2.28 bits per heavy atom. The second-order valence-corrected chi connectivity index (χ2v) is 6.69. The van der Waals surface area contributed by atoms with Crippen LogP contribution >= 0.6 is 11.8 Å². The Balaban J connectivity index is 1.58. The minimum absolute atomic E-state index is 0.390. The minimum atomic E-state index is 0.390. The molecule has 2 nitrogen and oxygen atoms in total. The maximum absolute atomic E-state index is 5.71. The number of hydrogen-bond acceptors (Lipinski definition) is 3. The van der Waals surface area contributed by atoms with E-state index in [-0.39, 0.29) is 0 Å². The standard InChI is InChI=1S/C15H21NOS/c1-12-10-16(7-4-8-17-12)11-14-9-13-5-2-3-6-15(13)18-14/h2-3,5-6,12,14H,4,7-11H2,1H3. The van der Waals surface area contributed by atoms with Crippen molar-refractivity contribution in [2.24, 2.45) is 0 Å². The summed E-state index contributed by atoms with van der Waals surface area (Å²) in [5.41, 5.74) is 1.53. The molecule has 0 bridgehead atoms. The summed E-state index contributed by atoms with van der Waals surface area (Å²) in [6.45, 7) is 6.60. The molecule has 2 heterocycles. The molecule has 1 aromatic carbocycles. The predicted molar refractivity (Wildman–Crippen MR) is 76.3 cm³/mol. The van der Waals surface area contributed by atoms with Crippen LogP contribution in [-0.2, 0) is 11.2 Å². The third-order valence-electron chi connectivity index (χ3n) is 3.71. The van der Waals surface area contributed by atoms with Crippen LogP contribution in [0.2, 0.25) is 0 Å². The van der Waals surface area contributed by atoms with Gasteiger partial charge in [-0.2, -0.15) is 0 Å². The zero-order chi connectivity index (χ0) is 12.4. The van der Waals surface area contributed by atoms with E-state index in [4.69, 9.17) is 4.74 Å². The van der Waals surface area contributed by atoms with Crippen molar-refractivity contribution in [3.8, 4) is 0 Å². The Kier molecular flexibility index (Phi) is 3.92. The van der Waals surface area contributed by atoms with Crippen LogP contribution in [0.3, 0.4) is 0 Å². The Bertz CT molecular complexity index is 384. The molecule has 1 aromatic rings. The number of ether oxygens (including phenoxy) is 1. The highest BCUT2D eigenvalue weighted by Gasteiger charge is 2.25. The van der Waals surface area contributed by atoms with Gasteiger partial charge < -0.3 is 4.74 Å². The molecule has 2 atom stereocenters. The maximum atomic E-state index is 5.71. The molecule has 2 aliphatic rings. The van der Waals surface area contributed by atoms with Crippen LogP contribution in [0.25, 0.3) is 0 Å². The summed E-state index contributed by atoms with van der Waals surface area (Å²) in [7, 11) is 0. The first kappa shape index (κ1) is 12.5. The molecule has 1 fully saturated rings. The quantitative estimate of drug-likeness (QED) is 0.814. The van der Waals surface area contributed by atoms with Crippen LogP contribution in [0.5, 0.6) is 0 Å². The van der Waals surface area contributed by atoms with Crippen LogP contribution in [-0.4, -0.2) is 42.5 Å². The van der Waals surface area contributed by atoms with Gasteiger partial charge in [-0.25, -0.2) is 0 Å². The van der Waals surface area contributed by atoms with E-state index in [0.29, 0.717) is 6.10 Å². The van der Waals surface area contributed by atoms with Gasteiger partial charge in [0.25, 0.3) is 0 Å². The number of hydrogen-bond donors (Lipinski definition) is 0. The number of benzene rings is 1. The van der Waals surface area contributed by atoms with Crippen LogP contribution in [0.1, 0.15) is 18.9 Å². The van der Waals surface area contributed by atoms with E-state index in [1.807, 2.05) is 0 Å². The maximum Gasteiger partial charge on any atom is 0.0673 e. The molecule has 0 spiro atoms. The summed E-state index contributed by atoms with van der Waals surface area (Å²) in [5.74, 6) is 0. The van der Waals surface area contributed by atoms with Gasteiger partial charge in [0.05, 0.1) is 6.10 Å². The van der Waals surface area contributed by atoms with Crippen LogP contribution in [0, 0.1) is 0 Å². The summed E-state index contributed by atoms with van der Waals surface area (Å²) < 4.78 is 5.71. The van der Waals surface area contributed by atoms with E-state index in [1.54, 1.807) is 0 Å². The Labute approximate surface area is 114 Å². The first-order valence-electron chi connectivity index (χ1n) is 6.90. The van der Waals surface area contributed by atoms with Gasteiger partial charge in [0, 0.05) is 36.4 Å². The summed E-state index contributed by atoms with van der Waals surface area (Å²) >= 11 is 2.06. The first-order valence-corrected chi connectivity index (χ1v) is 7.78. The topological polar surface area (TPSA) is 12.5 Å². The second kappa shape index (κ2) is 5.64. The van der Waals surface area contributed by atoms with Gasteiger partial charge in [0.1, 0.15) is 0 Å². The van der Waals surface area contributed by atoms with Crippen LogP contribution in [0.15, 0.2) is 29.2 Å². The van der Waals surface area contributed by atoms with Crippen molar-refractivity contribution >= 4 is 11.8 Å². The lowest BCUT2D eigenvalue weighted by atomic mass is 10.1. The third kappa shape index (κ3) is 2.90. The van der Waals surface area contributed by atoms with Gasteiger partial charge in [-0.15, -0.1) is 11.8 Å². The fourth-order valence-corrected chi connectivity index (χ4v) is 4.26. The summed E-state index contributed by atoms with van der Waals surface area (Å²) in [6.07, 6.45) is 2.79. The van der Waals surface area contributed by atoms with Crippen molar-refractivity contribution in [1.82, 2.24) is 4.90 Å². The van der Waals surface area contributed by atoms with Gasteiger partial charge in [0.2, 0.25) is 0 Å². The second-order valence-electron chi connectivity index (χ2n) is 5.35. The normalized spacial score (nSPS) is 28.9. The molecular weight excluding hydrogens is 242 g/mol. The monoisotopic (exact) mass is 263 g/mol. The molecule has 0 radical (unpaired) electrons. The largest absolute Gasteiger partial charge is 0.377 e. The van der Waals surface area contributed by atoms with Gasteiger partial charge in [-0.05, 0) is 31.4 Å². The van der Waals surface area contributed by atoms with Gasteiger partial charge in [0.15, 0.2) is 0 Å². The third-order valence-corrected chi connectivity index (χ3v) is 5.01. The molecule has 0 N–H and O–H groups in total. The lowest BCUT2D eigenvalue weighted by molar-refractivity contribution is 0.0679. The molecule has 0 saturated carbocycles. The van der Waals surface area contributed by atoms with E-state index in [9.17, 15) is 0 Å². The van der Waals surface area contributed by atoms with E-state index < -0.39 is 0 Å². The van der Waals surface area contributed by atoms with Crippen molar-refractivity contribution in [2.45, 2.75) is 36.0 Å². The molecule has 18 heavy (non-hydrogen) atoms. The van der Waals surface area contributed by atoms with Gasteiger partial charge in [-0.3, -0.25) is 4.90 Å². The van der Waals surface area contributed by atoms with Crippen molar-refractivity contribution in [2.75, 3.05) is 26.2 Å². The van der Waals surface area contributed by atoms with Crippen molar-refractivity contribution < 1.29 is 4.74 Å². The molecule has 0 amide bonds. The average Bonchev–Trinajstić information content (AvgIpc) is 2.65. The smallest absolute Gasteiger partial charge is 0.0673 e. The molecule has 3 heteroatoms. The van der Waals surface area contributed by atoms with E-state index in [2.05, 4.69) is 47.9 Å². The summed E-state index contributed by atoms with van der Waals surface area (Å²) in [6, 6.07) is 8.84. The van der Waals surface area contributed by atoms with Gasteiger partial charge in [-0.1, -0.05) is 18.2 Å². The fraction of sp³-hybridized carbons (Fsp3) is 0.600. The molecule has 3 rings (SSSR count). The number of rotatable bonds is 2. The Morgan fingerprint density at radius 3 is 3.17 bits per heavy atom. The summed E-state index contributed by atoms with van der Waals surface area (Å²) in [4.78, 5) is 4.07. The van der Waals surface area contributed by atoms with Gasteiger partial charge >= 0.3 is 0 Å². The van der Waals surface area contributed by atoms with Crippen LogP contribution < -0.4 is 0 Å². The van der Waals surface area contributed by atoms with Crippen molar-refractivity contribution in [3.63, 3.8) is 0 Å². The predicted octanol–water partition coefficient (Wildman–Crippen LogP) is 2.81. The molecule has 1 saturated heterocycles. The van der Waals surface area contributed by atoms with E-state index >= 15 is 0 Å². The molecule has 0 aliphatic carbocycles. The van der Waals surface area contributed by atoms with E-state index in [1.165, 1.54) is 36.4 Å². The lowest BCUT2D eigenvalue weighted by Crippen LogP contribution is -2.35. The highest BCUT2D eigenvalue weighted by molar-refractivity contribution is 8.00. The van der Waals surface area contributed by atoms with E-state index in [0.717, 1.165) is 18.4 Å². The number of fused-ring (bicyclic) bond motifs is 1. The van der Waals surface area contributed by atoms with Crippen molar-refractivity contribution in [3.05, 3.63) is 29.8 Å². The van der Waals surface area contributed by atoms with Crippen LogP contribution in [0.4, 0.5) is 0 Å². The molecule has 2 aliphatic heterocycles. The summed E-state index contributed by atoms with van der Waals surface area (Å²) in [5, 5.41) is 0.729.